The lowest BCUT2D eigenvalue weighted by molar-refractivity contribution is -0.384. The van der Waals surface area contributed by atoms with E-state index in [-0.39, 0.29) is 22.2 Å². The van der Waals surface area contributed by atoms with E-state index < -0.39 is 4.92 Å². The third-order valence-corrected chi connectivity index (χ3v) is 5.24. The SMILES string of the molecule is O=C(c1ccc(Cl)c([N+](=O)[O-])c1)N(CCc1cccs1)Cc1cccnc1. The predicted molar refractivity (Wildman–Crippen MR) is 105 cm³/mol. The van der Waals surface area contributed by atoms with Crippen LogP contribution in [-0.2, 0) is 13.0 Å². The number of benzene rings is 1. The maximum Gasteiger partial charge on any atom is 0.288 e. The van der Waals surface area contributed by atoms with Gasteiger partial charge in [0.15, 0.2) is 0 Å². The molecule has 0 radical (unpaired) electrons. The summed E-state index contributed by atoms with van der Waals surface area (Å²) in [7, 11) is 0. The van der Waals surface area contributed by atoms with Crippen LogP contribution in [0.2, 0.25) is 5.02 Å². The number of nitro groups is 1. The first-order valence-corrected chi connectivity index (χ1v) is 9.45. The van der Waals surface area contributed by atoms with Crippen molar-refractivity contribution < 1.29 is 9.72 Å². The Labute approximate surface area is 165 Å². The summed E-state index contributed by atoms with van der Waals surface area (Å²) in [5.74, 6) is -0.282. The summed E-state index contributed by atoms with van der Waals surface area (Å²) < 4.78 is 0. The average molecular weight is 402 g/mol. The zero-order valence-corrected chi connectivity index (χ0v) is 15.8. The Morgan fingerprint density at radius 1 is 1.26 bits per heavy atom. The molecule has 2 heterocycles. The molecule has 138 valence electrons. The Balaban J connectivity index is 1.85. The molecule has 0 unspecified atom stereocenters. The van der Waals surface area contributed by atoms with Gasteiger partial charge >= 0.3 is 0 Å². The van der Waals surface area contributed by atoms with Crippen LogP contribution in [0.5, 0.6) is 0 Å². The molecule has 0 atom stereocenters. The standard InChI is InChI=1S/C19H16ClN3O3S/c20-17-6-5-15(11-18(17)23(25)26)19(24)22(9-7-16-4-2-10-27-16)13-14-3-1-8-21-12-14/h1-6,8,10-12H,7,9,13H2. The topological polar surface area (TPSA) is 76.3 Å². The molecule has 6 nitrogen and oxygen atoms in total. The van der Waals surface area contributed by atoms with Crippen molar-refractivity contribution in [2.75, 3.05) is 6.54 Å². The van der Waals surface area contributed by atoms with Gasteiger partial charge in [-0.25, -0.2) is 0 Å². The predicted octanol–water partition coefficient (Wildman–Crippen LogP) is 4.59. The Morgan fingerprint density at radius 3 is 2.78 bits per heavy atom. The molecule has 3 aromatic rings. The first-order chi connectivity index (χ1) is 13.0. The molecular weight excluding hydrogens is 386 g/mol. The monoisotopic (exact) mass is 401 g/mol. The first kappa shape index (κ1) is 19.0. The highest BCUT2D eigenvalue weighted by atomic mass is 35.5. The van der Waals surface area contributed by atoms with Crippen molar-refractivity contribution in [1.29, 1.82) is 0 Å². The molecule has 0 aliphatic carbocycles. The molecule has 0 spiro atoms. The van der Waals surface area contributed by atoms with Gasteiger partial charge in [-0.15, -0.1) is 11.3 Å². The highest BCUT2D eigenvalue weighted by Gasteiger charge is 2.21. The molecule has 0 saturated heterocycles. The maximum absolute atomic E-state index is 13.0. The number of amides is 1. The number of pyridine rings is 1. The quantitative estimate of drug-likeness (QED) is 0.428. The Morgan fingerprint density at radius 2 is 2.11 bits per heavy atom. The molecule has 0 bridgehead atoms. The van der Waals surface area contributed by atoms with Crippen LogP contribution in [0.25, 0.3) is 0 Å². The van der Waals surface area contributed by atoms with Crippen LogP contribution < -0.4 is 0 Å². The van der Waals surface area contributed by atoms with E-state index in [1.165, 1.54) is 23.1 Å². The van der Waals surface area contributed by atoms with Crippen molar-refractivity contribution in [1.82, 2.24) is 9.88 Å². The van der Waals surface area contributed by atoms with Crippen molar-refractivity contribution in [3.8, 4) is 0 Å². The van der Waals surface area contributed by atoms with Gasteiger partial charge in [0.25, 0.3) is 11.6 Å². The minimum absolute atomic E-state index is 0.00828. The number of rotatable bonds is 7. The Kier molecular flexibility index (Phi) is 6.16. The van der Waals surface area contributed by atoms with E-state index in [0.717, 1.165) is 5.56 Å². The fourth-order valence-electron chi connectivity index (χ4n) is 2.63. The zero-order chi connectivity index (χ0) is 19.2. The van der Waals surface area contributed by atoms with Gasteiger partial charge in [0.2, 0.25) is 0 Å². The molecule has 1 amide bonds. The number of aromatic nitrogens is 1. The lowest BCUT2D eigenvalue weighted by Gasteiger charge is -2.22. The normalized spacial score (nSPS) is 10.6. The van der Waals surface area contributed by atoms with Crippen LogP contribution >= 0.6 is 22.9 Å². The second kappa shape index (κ2) is 8.75. The van der Waals surface area contributed by atoms with Gasteiger partial charge in [-0.1, -0.05) is 23.7 Å². The molecule has 8 heteroatoms. The van der Waals surface area contributed by atoms with Crippen molar-refractivity contribution in [3.63, 3.8) is 0 Å². The summed E-state index contributed by atoms with van der Waals surface area (Å²) in [6.07, 6.45) is 4.08. The number of nitrogens with zero attached hydrogens (tertiary/aromatic N) is 3. The summed E-state index contributed by atoms with van der Waals surface area (Å²) in [4.78, 5) is 30.5. The van der Waals surface area contributed by atoms with Crippen molar-refractivity contribution in [2.45, 2.75) is 13.0 Å². The largest absolute Gasteiger partial charge is 0.334 e. The van der Waals surface area contributed by atoms with Gasteiger partial charge in [-0.3, -0.25) is 19.9 Å². The van der Waals surface area contributed by atoms with Crippen molar-refractivity contribution in [2.24, 2.45) is 0 Å². The third-order valence-electron chi connectivity index (χ3n) is 3.98. The fraction of sp³-hybridized carbons (Fsp3) is 0.158. The minimum Gasteiger partial charge on any atom is -0.334 e. The third kappa shape index (κ3) is 4.90. The van der Waals surface area contributed by atoms with E-state index in [9.17, 15) is 14.9 Å². The van der Waals surface area contributed by atoms with Crippen LogP contribution in [0.15, 0.2) is 60.2 Å². The molecule has 0 fully saturated rings. The second-order valence-corrected chi connectivity index (χ2v) is 7.28. The number of hydrogen-bond donors (Lipinski definition) is 0. The highest BCUT2D eigenvalue weighted by molar-refractivity contribution is 7.09. The summed E-state index contributed by atoms with van der Waals surface area (Å²) in [6.45, 7) is 0.860. The molecule has 0 aliphatic heterocycles. The highest BCUT2D eigenvalue weighted by Crippen LogP contribution is 2.26. The van der Waals surface area contributed by atoms with Crippen molar-refractivity contribution in [3.05, 3.63) is 91.4 Å². The minimum atomic E-state index is -0.587. The van der Waals surface area contributed by atoms with Crippen LogP contribution in [0.3, 0.4) is 0 Å². The van der Waals surface area contributed by atoms with E-state index in [2.05, 4.69) is 4.98 Å². The molecule has 1 aromatic carbocycles. The van der Waals surface area contributed by atoms with E-state index in [0.29, 0.717) is 19.5 Å². The number of hydrogen-bond acceptors (Lipinski definition) is 5. The fourth-order valence-corrected chi connectivity index (χ4v) is 3.52. The number of carbonyl (C=O) groups excluding carboxylic acids is 1. The van der Waals surface area contributed by atoms with Gasteiger partial charge < -0.3 is 4.90 Å². The molecule has 27 heavy (non-hydrogen) atoms. The van der Waals surface area contributed by atoms with Crippen LogP contribution in [-0.4, -0.2) is 27.3 Å². The maximum atomic E-state index is 13.0. The molecule has 3 rings (SSSR count). The molecule has 0 N–H and O–H groups in total. The van der Waals surface area contributed by atoms with E-state index >= 15 is 0 Å². The molecule has 0 aliphatic rings. The van der Waals surface area contributed by atoms with Gasteiger partial charge in [0.05, 0.1) is 4.92 Å². The lowest BCUT2D eigenvalue weighted by Crippen LogP contribution is -2.32. The van der Waals surface area contributed by atoms with E-state index in [4.69, 9.17) is 11.6 Å². The van der Waals surface area contributed by atoms with Crippen molar-refractivity contribution >= 4 is 34.5 Å². The van der Waals surface area contributed by atoms with Gasteiger partial charge in [-0.05, 0) is 41.6 Å². The Hall–Kier alpha value is -2.77. The number of thiophene rings is 1. The summed E-state index contributed by atoms with van der Waals surface area (Å²) in [5.41, 5.74) is 0.851. The summed E-state index contributed by atoms with van der Waals surface area (Å²) >= 11 is 7.49. The van der Waals surface area contributed by atoms with Crippen LogP contribution in [0, 0.1) is 10.1 Å². The zero-order valence-electron chi connectivity index (χ0n) is 14.2. The smallest absolute Gasteiger partial charge is 0.288 e. The molecule has 2 aromatic heterocycles. The summed E-state index contributed by atoms with van der Waals surface area (Å²) in [6, 6.07) is 11.8. The number of halogens is 1. The van der Waals surface area contributed by atoms with E-state index in [1.807, 2.05) is 29.6 Å². The second-order valence-electron chi connectivity index (χ2n) is 5.84. The lowest BCUT2D eigenvalue weighted by atomic mass is 10.1. The molecular formula is C19H16ClN3O3S. The van der Waals surface area contributed by atoms with Crippen LogP contribution in [0.1, 0.15) is 20.8 Å². The first-order valence-electron chi connectivity index (χ1n) is 8.19. The van der Waals surface area contributed by atoms with Gasteiger partial charge in [0.1, 0.15) is 5.02 Å². The average Bonchev–Trinajstić information content (AvgIpc) is 3.19. The number of carbonyl (C=O) groups is 1. The van der Waals surface area contributed by atoms with Crippen LogP contribution in [0.4, 0.5) is 5.69 Å². The Bertz CT molecular complexity index is 933. The van der Waals surface area contributed by atoms with Gasteiger partial charge in [0, 0.05) is 42.0 Å². The van der Waals surface area contributed by atoms with Gasteiger partial charge in [-0.2, -0.15) is 0 Å². The molecule has 0 saturated carbocycles. The number of nitro benzene ring substituents is 1. The summed E-state index contributed by atoms with van der Waals surface area (Å²) in [5, 5.41) is 13.1. The van der Waals surface area contributed by atoms with E-state index in [1.54, 1.807) is 28.6 Å².